The number of ether oxygens (including phenoxy) is 1. The lowest BCUT2D eigenvalue weighted by molar-refractivity contribution is -0.0439. The van der Waals surface area contributed by atoms with E-state index in [-0.39, 0.29) is 12.2 Å². The zero-order valence-corrected chi connectivity index (χ0v) is 12.3. The molecule has 0 amide bonds. The van der Waals surface area contributed by atoms with Gasteiger partial charge < -0.3 is 9.84 Å². The maximum Gasteiger partial charge on any atom is 0.0865 e. The van der Waals surface area contributed by atoms with E-state index in [9.17, 15) is 5.11 Å². The second-order valence-corrected chi connectivity index (χ2v) is 5.93. The van der Waals surface area contributed by atoms with Crippen LogP contribution in [0.2, 0.25) is 0 Å². The second kappa shape index (κ2) is 6.53. The van der Waals surface area contributed by atoms with E-state index in [1.807, 2.05) is 6.92 Å². The van der Waals surface area contributed by atoms with Gasteiger partial charge in [0.05, 0.1) is 12.2 Å². The van der Waals surface area contributed by atoms with Crippen molar-refractivity contribution >= 4 is 0 Å². The maximum atomic E-state index is 10.4. The quantitative estimate of drug-likeness (QED) is 0.814. The van der Waals surface area contributed by atoms with Gasteiger partial charge in [0.1, 0.15) is 0 Å². The Labute approximate surface area is 116 Å². The van der Waals surface area contributed by atoms with Crippen molar-refractivity contribution in [3.05, 3.63) is 35.4 Å². The molecule has 0 heterocycles. The van der Waals surface area contributed by atoms with Gasteiger partial charge in [-0.25, -0.2) is 0 Å². The largest absolute Gasteiger partial charge is 0.390 e. The molecule has 2 nitrogen and oxygen atoms in total. The van der Waals surface area contributed by atoms with Gasteiger partial charge >= 0.3 is 0 Å². The van der Waals surface area contributed by atoms with Crippen LogP contribution in [0.5, 0.6) is 0 Å². The number of rotatable bonds is 7. The van der Waals surface area contributed by atoms with Gasteiger partial charge in [0.15, 0.2) is 0 Å². The van der Waals surface area contributed by atoms with Crippen molar-refractivity contribution in [1.82, 2.24) is 0 Å². The summed E-state index contributed by atoms with van der Waals surface area (Å²) in [4.78, 5) is 0. The predicted octanol–water partition coefficient (Wildman–Crippen LogP) is 3.53. The van der Waals surface area contributed by atoms with Gasteiger partial charge in [-0.1, -0.05) is 38.1 Å². The molecule has 0 aromatic heterocycles. The highest BCUT2D eigenvalue weighted by molar-refractivity contribution is 5.25. The SMILES string of the molecule is CCOC(C(O)Cc1ccc(C(C)C)cc1)C1CC1. The Kier molecular flexibility index (Phi) is 5.00. The number of hydrogen-bond acceptors (Lipinski definition) is 2. The highest BCUT2D eigenvalue weighted by atomic mass is 16.5. The first-order valence-corrected chi connectivity index (χ1v) is 7.50. The topological polar surface area (TPSA) is 29.5 Å². The molecule has 0 spiro atoms. The van der Waals surface area contributed by atoms with Gasteiger partial charge in [0.2, 0.25) is 0 Å². The van der Waals surface area contributed by atoms with Crippen molar-refractivity contribution in [2.75, 3.05) is 6.61 Å². The van der Waals surface area contributed by atoms with Crippen LogP contribution in [0.15, 0.2) is 24.3 Å². The molecule has 1 aliphatic rings. The minimum atomic E-state index is -0.377. The minimum absolute atomic E-state index is 0.0229. The van der Waals surface area contributed by atoms with E-state index in [4.69, 9.17) is 4.74 Å². The van der Waals surface area contributed by atoms with Gasteiger partial charge in [-0.15, -0.1) is 0 Å². The molecule has 0 aliphatic heterocycles. The monoisotopic (exact) mass is 262 g/mol. The number of aliphatic hydroxyl groups is 1. The molecule has 2 atom stereocenters. The van der Waals surface area contributed by atoms with Crippen molar-refractivity contribution < 1.29 is 9.84 Å². The lowest BCUT2D eigenvalue weighted by Gasteiger charge is -2.23. The number of hydrogen-bond donors (Lipinski definition) is 1. The van der Waals surface area contributed by atoms with Gasteiger partial charge in [-0.3, -0.25) is 0 Å². The highest BCUT2D eigenvalue weighted by Gasteiger charge is 2.36. The Morgan fingerprint density at radius 3 is 2.32 bits per heavy atom. The summed E-state index contributed by atoms with van der Waals surface area (Å²) in [5, 5.41) is 10.4. The number of benzene rings is 1. The van der Waals surface area contributed by atoms with Crippen LogP contribution in [-0.4, -0.2) is 23.9 Å². The van der Waals surface area contributed by atoms with Crippen LogP contribution in [0.1, 0.15) is 50.7 Å². The van der Waals surface area contributed by atoms with E-state index < -0.39 is 0 Å². The Hall–Kier alpha value is -0.860. The molecule has 1 aromatic carbocycles. The van der Waals surface area contributed by atoms with Crippen molar-refractivity contribution in [1.29, 1.82) is 0 Å². The second-order valence-electron chi connectivity index (χ2n) is 5.93. The number of aliphatic hydroxyl groups excluding tert-OH is 1. The average Bonchev–Trinajstić information content (AvgIpc) is 3.20. The summed E-state index contributed by atoms with van der Waals surface area (Å²) >= 11 is 0. The standard InChI is InChI=1S/C17H26O2/c1-4-19-17(15-9-10-15)16(18)11-13-5-7-14(8-6-13)12(2)3/h5-8,12,15-18H,4,9-11H2,1-3H3. The van der Waals surface area contributed by atoms with Crippen LogP contribution in [0, 0.1) is 5.92 Å². The molecule has 1 aromatic rings. The summed E-state index contributed by atoms with van der Waals surface area (Å²) in [6, 6.07) is 8.60. The summed E-state index contributed by atoms with van der Waals surface area (Å²) in [6.07, 6.45) is 2.74. The van der Waals surface area contributed by atoms with Gasteiger partial charge in [-0.2, -0.15) is 0 Å². The summed E-state index contributed by atoms with van der Waals surface area (Å²) in [5.74, 6) is 1.13. The third kappa shape index (κ3) is 4.05. The summed E-state index contributed by atoms with van der Waals surface area (Å²) in [5.41, 5.74) is 2.55. The van der Waals surface area contributed by atoms with E-state index >= 15 is 0 Å². The van der Waals surface area contributed by atoms with E-state index in [0.717, 1.165) is 0 Å². The van der Waals surface area contributed by atoms with Crippen LogP contribution in [0.4, 0.5) is 0 Å². The molecular formula is C17H26O2. The van der Waals surface area contributed by atoms with E-state index in [2.05, 4.69) is 38.1 Å². The van der Waals surface area contributed by atoms with Crippen molar-refractivity contribution in [2.24, 2.45) is 5.92 Å². The first-order valence-electron chi connectivity index (χ1n) is 7.50. The predicted molar refractivity (Wildman–Crippen MR) is 78.4 cm³/mol. The first kappa shape index (κ1) is 14.5. The smallest absolute Gasteiger partial charge is 0.0865 e. The molecule has 2 rings (SSSR count). The molecule has 2 heteroatoms. The lowest BCUT2D eigenvalue weighted by Crippen LogP contribution is -2.32. The van der Waals surface area contributed by atoms with Crippen molar-refractivity contribution in [3.8, 4) is 0 Å². The fourth-order valence-corrected chi connectivity index (χ4v) is 2.57. The fourth-order valence-electron chi connectivity index (χ4n) is 2.57. The van der Waals surface area contributed by atoms with E-state index in [1.165, 1.54) is 24.0 Å². The summed E-state index contributed by atoms with van der Waals surface area (Å²) in [7, 11) is 0. The minimum Gasteiger partial charge on any atom is -0.390 e. The normalized spacial score (nSPS) is 18.6. The molecular weight excluding hydrogens is 236 g/mol. The van der Waals surface area contributed by atoms with Gasteiger partial charge in [-0.05, 0) is 42.7 Å². The first-order chi connectivity index (χ1) is 9.11. The molecule has 1 fully saturated rings. The van der Waals surface area contributed by atoms with Crippen molar-refractivity contribution in [3.63, 3.8) is 0 Å². The van der Waals surface area contributed by atoms with Gasteiger partial charge in [0.25, 0.3) is 0 Å². The van der Waals surface area contributed by atoms with Crippen LogP contribution in [0.3, 0.4) is 0 Å². The zero-order chi connectivity index (χ0) is 13.8. The molecule has 0 bridgehead atoms. The molecule has 1 saturated carbocycles. The van der Waals surface area contributed by atoms with E-state index in [0.29, 0.717) is 24.9 Å². The molecule has 0 saturated heterocycles. The summed E-state index contributed by atoms with van der Waals surface area (Å²) in [6.45, 7) is 7.08. The molecule has 1 N–H and O–H groups in total. The zero-order valence-electron chi connectivity index (χ0n) is 12.3. The van der Waals surface area contributed by atoms with Crippen LogP contribution in [0.25, 0.3) is 0 Å². The third-order valence-electron chi connectivity index (χ3n) is 3.92. The Balaban J connectivity index is 1.95. The Bertz CT molecular complexity index is 379. The molecule has 2 unspecified atom stereocenters. The molecule has 1 aliphatic carbocycles. The van der Waals surface area contributed by atoms with Crippen LogP contribution < -0.4 is 0 Å². The lowest BCUT2D eigenvalue weighted by atomic mass is 9.97. The summed E-state index contributed by atoms with van der Waals surface area (Å²) < 4.78 is 5.71. The van der Waals surface area contributed by atoms with E-state index in [1.54, 1.807) is 0 Å². The van der Waals surface area contributed by atoms with Crippen LogP contribution >= 0.6 is 0 Å². The Morgan fingerprint density at radius 1 is 1.21 bits per heavy atom. The van der Waals surface area contributed by atoms with Crippen molar-refractivity contribution in [2.45, 2.75) is 58.2 Å². The third-order valence-corrected chi connectivity index (χ3v) is 3.92. The van der Waals surface area contributed by atoms with Crippen LogP contribution in [-0.2, 0) is 11.2 Å². The molecule has 106 valence electrons. The maximum absolute atomic E-state index is 10.4. The molecule has 0 radical (unpaired) electrons. The highest BCUT2D eigenvalue weighted by Crippen LogP contribution is 2.36. The Morgan fingerprint density at radius 2 is 1.84 bits per heavy atom. The molecule has 19 heavy (non-hydrogen) atoms. The fraction of sp³-hybridized carbons (Fsp3) is 0.647. The van der Waals surface area contributed by atoms with Gasteiger partial charge in [0, 0.05) is 13.0 Å². The average molecular weight is 262 g/mol.